The number of amides is 1. The lowest BCUT2D eigenvalue weighted by atomic mass is 9.86. The number of hydrogen-bond acceptors (Lipinski definition) is 4. The third kappa shape index (κ3) is 5.20. The van der Waals surface area contributed by atoms with E-state index < -0.39 is 5.97 Å². The number of hydrogen-bond donors (Lipinski definition) is 2. The smallest absolute Gasteiger partial charge is 0.306 e. The van der Waals surface area contributed by atoms with Crippen molar-refractivity contribution in [1.82, 2.24) is 15.1 Å². The summed E-state index contributed by atoms with van der Waals surface area (Å²) >= 11 is 6.44. The number of carboxylic acids is 1. The van der Waals surface area contributed by atoms with Crippen LogP contribution in [-0.2, 0) is 11.3 Å². The first-order valence-electron chi connectivity index (χ1n) is 12.2. The van der Waals surface area contributed by atoms with Crippen molar-refractivity contribution >= 4 is 34.4 Å². The van der Waals surface area contributed by atoms with E-state index in [4.69, 9.17) is 16.9 Å². The molecule has 1 saturated carbocycles. The lowest BCUT2D eigenvalue weighted by molar-refractivity contribution is -0.142. The predicted molar refractivity (Wildman–Crippen MR) is 141 cm³/mol. The number of nitriles is 1. The molecular formula is C29H25ClN4O3. The van der Waals surface area contributed by atoms with Crippen LogP contribution in [0.25, 0.3) is 22.0 Å². The van der Waals surface area contributed by atoms with Gasteiger partial charge in [-0.25, -0.2) is 0 Å². The number of aromatic nitrogens is 2. The van der Waals surface area contributed by atoms with E-state index in [9.17, 15) is 14.7 Å². The van der Waals surface area contributed by atoms with Crippen molar-refractivity contribution in [2.75, 3.05) is 0 Å². The molecular weight excluding hydrogens is 488 g/mol. The second-order valence-corrected chi connectivity index (χ2v) is 9.82. The molecule has 186 valence electrons. The topological polar surface area (TPSA) is 108 Å². The SMILES string of the molecule is N#Cc1cccc(-c2ccc(Cn3ncc4c(Cl)ccc(C(=O)NC5CCC(C(=O)O)CC5)c43)cc2)c1. The van der Waals surface area contributed by atoms with Gasteiger partial charge in [-0.15, -0.1) is 0 Å². The van der Waals surface area contributed by atoms with Crippen molar-refractivity contribution in [2.24, 2.45) is 5.92 Å². The number of carbonyl (C=O) groups is 2. The van der Waals surface area contributed by atoms with Crippen molar-refractivity contribution in [3.8, 4) is 17.2 Å². The molecule has 0 bridgehead atoms. The van der Waals surface area contributed by atoms with Crippen LogP contribution in [0, 0.1) is 17.2 Å². The van der Waals surface area contributed by atoms with Crippen molar-refractivity contribution < 1.29 is 14.7 Å². The summed E-state index contributed by atoms with van der Waals surface area (Å²) in [7, 11) is 0. The first kappa shape index (κ1) is 24.5. The third-order valence-corrected chi connectivity index (χ3v) is 7.35. The van der Waals surface area contributed by atoms with E-state index >= 15 is 0 Å². The number of fused-ring (bicyclic) bond motifs is 1. The number of nitrogens with zero attached hydrogens (tertiary/aromatic N) is 3. The maximum atomic E-state index is 13.3. The van der Waals surface area contributed by atoms with E-state index in [2.05, 4.69) is 16.5 Å². The highest BCUT2D eigenvalue weighted by molar-refractivity contribution is 6.36. The maximum Gasteiger partial charge on any atom is 0.306 e. The molecule has 1 fully saturated rings. The molecule has 1 aromatic heterocycles. The highest BCUT2D eigenvalue weighted by Crippen LogP contribution is 2.29. The summed E-state index contributed by atoms with van der Waals surface area (Å²) in [5.74, 6) is -1.31. The zero-order valence-corrected chi connectivity index (χ0v) is 20.8. The van der Waals surface area contributed by atoms with Gasteiger partial charge in [-0.3, -0.25) is 14.3 Å². The van der Waals surface area contributed by atoms with Crippen LogP contribution in [0.5, 0.6) is 0 Å². The molecule has 3 aromatic carbocycles. The van der Waals surface area contributed by atoms with Crippen LogP contribution in [0.3, 0.4) is 0 Å². The van der Waals surface area contributed by atoms with Gasteiger partial charge in [0.05, 0.1) is 46.4 Å². The molecule has 8 heteroatoms. The van der Waals surface area contributed by atoms with Gasteiger partial charge in [-0.1, -0.05) is 48.0 Å². The Hall–Kier alpha value is -4.15. The lowest BCUT2D eigenvalue weighted by Crippen LogP contribution is -2.38. The first-order chi connectivity index (χ1) is 17.9. The summed E-state index contributed by atoms with van der Waals surface area (Å²) in [4.78, 5) is 24.5. The van der Waals surface area contributed by atoms with Gasteiger partial charge in [0.1, 0.15) is 0 Å². The molecule has 1 aliphatic carbocycles. The molecule has 0 spiro atoms. The van der Waals surface area contributed by atoms with Crippen LogP contribution in [0.2, 0.25) is 5.02 Å². The second-order valence-electron chi connectivity index (χ2n) is 9.41. The minimum absolute atomic E-state index is 0.0581. The molecule has 37 heavy (non-hydrogen) atoms. The molecule has 0 radical (unpaired) electrons. The Morgan fingerprint density at radius 2 is 1.81 bits per heavy atom. The summed E-state index contributed by atoms with van der Waals surface area (Å²) in [6.45, 7) is 0.451. The number of rotatable bonds is 6. The number of benzene rings is 3. The van der Waals surface area contributed by atoms with Gasteiger partial charge in [0.15, 0.2) is 0 Å². The van der Waals surface area contributed by atoms with Crippen molar-refractivity contribution in [2.45, 2.75) is 38.3 Å². The Labute approximate surface area is 219 Å². The quantitative estimate of drug-likeness (QED) is 0.347. The molecule has 1 aliphatic rings. The van der Waals surface area contributed by atoms with E-state index in [0.717, 1.165) is 16.7 Å². The third-order valence-electron chi connectivity index (χ3n) is 7.02. The van der Waals surface area contributed by atoms with E-state index in [1.54, 1.807) is 29.1 Å². The van der Waals surface area contributed by atoms with Crippen LogP contribution >= 0.6 is 11.6 Å². The minimum Gasteiger partial charge on any atom is -0.481 e. The average Bonchev–Trinajstić information content (AvgIpc) is 3.34. The monoisotopic (exact) mass is 512 g/mol. The molecule has 2 N–H and O–H groups in total. The fraction of sp³-hybridized carbons (Fsp3) is 0.241. The number of carbonyl (C=O) groups excluding carboxylic acids is 1. The lowest BCUT2D eigenvalue weighted by Gasteiger charge is -2.27. The molecule has 0 unspecified atom stereocenters. The van der Waals surface area contributed by atoms with Gasteiger partial charge in [0.25, 0.3) is 5.91 Å². The fourth-order valence-corrected chi connectivity index (χ4v) is 5.17. The first-order valence-corrected chi connectivity index (χ1v) is 12.6. The van der Waals surface area contributed by atoms with E-state index in [0.29, 0.717) is 59.3 Å². The van der Waals surface area contributed by atoms with Gasteiger partial charge in [0.2, 0.25) is 0 Å². The van der Waals surface area contributed by atoms with E-state index in [1.807, 2.05) is 42.5 Å². The largest absolute Gasteiger partial charge is 0.481 e. The highest BCUT2D eigenvalue weighted by Gasteiger charge is 2.27. The van der Waals surface area contributed by atoms with Crippen LogP contribution in [0.1, 0.15) is 47.2 Å². The second kappa shape index (κ2) is 10.5. The Balaban J connectivity index is 1.37. The predicted octanol–water partition coefficient (Wildman–Crippen LogP) is 5.65. The van der Waals surface area contributed by atoms with Gasteiger partial charge < -0.3 is 10.4 Å². The molecule has 0 aliphatic heterocycles. The molecule has 1 heterocycles. The number of carboxylic acid groups (broad SMARTS) is 1. The Morgan fingerprint density at radius 3 is 2.51 bits per heavy atom. The van der Waals surface area contributed by atoms with Crippen LogP contribution in [0.15, 0.2) is 66.9 Å². The standard InChI is InChI=1S/C29H25ClN4O3/c30-26-13-12-24(28(35)33-23-10-8-21(9-11-23)29(36)37)27-25(26)16-32-34(27)17-18-4-6-20(7-5-18)22-3-1-2-19(14-22)15-31/h1-7,12-14,16,21,23H,8-11,17H2,(H,33,35)(H,36,37). The van der Waals surface area contributed by atoms with Crippen LogP contribution < -0.4 is 5.32 Å². The number of nitrogens with one attached hydrogen (secondary N) is 1. The Kier molecular flexibility index (Phi) is 6.93. The number of aliphatic carboxylic acids is 1. The van der Waals surface area contributed by atoms with Crippen molar-refractivity contribution in [3.63, 3.8) is 0 Å². The maximum absolute atomic E-state index is 13.3. The minimum atomic E-state index is -0.767. The molecule has 4 aromatic rings. The Bertz CT molecular complexity index is 1510. The zero-order chi connectivity index (χ0) is 25.9. The Morgan fingerprint density at radius 1 is 1.05 bits per heavy atom. The summed E-state index contributed by atoms with van der Waals surface area (Å²) in [6.07, 6.45) is 4.08. The van der Waals surface area contributed by atoms with Crippen molar-refractivity contribution in [1.29, 1.82) is 5.26 Å². The summed E-state index contributed by atoms with van der Waals surface area (Å²) in [6, 6.07) is 21.0. The fourth-order valence-electron chi connectivity index (χ4n) is 4.96. The summed E-state index contributed by atoms with van der Waals surface area (Å²) in [5, 5.41) is 27.2. The van der Waals surface area contributed by atoms with Crippen molar-refractivity contribution in [3.05, 3.63) is 88.6 Å². The van der Waals surface area contributed by atoms with E-state index in [-0.39, 0.29) is 17.9 Å². The molecule has 0 saturated heterocycles. The highest BCUT2D eigenvalue weighted by atomic mass is 35.5. The normalized spacial score (nSPS) is 17.3. The van der Waals surface area contributed by atoms with Gasteiger partial charge in [-0.05, 0) is 66.6 Å². The summed E-state index contributed by atoms with van der Waals surface area (Å²) < 4.78 is 1.78. The zero-order valence-electron chi connectivity index (χ0n) is 20.0. The van der Waals surface area contributed by atoms with E-state index in [1.165, 1.54) is 0 Å². The average molecular weight is 513 g/mol. The van der Waals surface area contributed by atoms with Gasteiger partial charge in [-0.2, -0.15) is 10.4 Å². The molecule has 1 amide bonds. The van der Waals surface area contributed by atoms with Gasteiger partial charge >= 0.3 is 5.97 Å². The van der Waals surface area contributed by atoms with Crippen LogP contribution in [-0.4, -0.2) is 32.8 Å². The molecule has 0 atom stereocenters. The molecule has 5 rings (SSSR count). The van der Waals surface area contributed by atoms with Gasteiger partial charge in [0, 0.05) is 11.4 Å². The molecule has 7 nitrogen and oxygen atoms in total. The summed E-state index contributed by atoms with van der Waals surface area (Å²) in [5.41, 5.74) is 4.74. The number of halogens is 1. The van der Waals surface area contributed by atoms with Crippen LogP contribution in [0.4, 0.5) is 0 Å².